The first kappa shape index (κ1) is 28.4. The van der Waals surface area contributed by atoms with E-state index in [1.807, 2.05) is 44.2 Å². The summed E-state index contributed by atoms with van der Waals surface area (Å²) in [7, 11) is -4.07. The molecule has 0 saturated heterocycles. The fourth-order valence-electron chi connectivity index (χ4n) is 3.90. The van der Waals surface area contributed by atoms with Crippen molar-refractivity contribution in [3.8, 4) is 0 Å². The van der Waals surface area contributed by atoms with E-state index in [0.717, 1.165) is 14.3 Å². The lowest BCUT2D eigenvalue weighted by atomic mass is 10.1. The Kier molecular flexibility index (Phi) is 9.50. The van der Waals surface area contributed by atoms with E-state index in [1.54, 1.807) is 50.2 Å². The van der Waals surface area contributed by atoms with Crippen molar-refractivity contribution in [1.29, 1.82) is 0 Å². The van der Waals surface area contributed by atoms with E-state index >= 15 is 0 Å². The maximum atomic E-state index is 13.9. The number of hydrogen-bond donors (Lipinski definition) is 1. The van der Waals surface area contributed by atoms with Gasteiger partial charge in [-0.05, 0) is 69.2 Å². The van der Waals surface area contributed by atoms with Gasteiger partial charge in [-0.25, -0.2) is 8.42 Å². The van der Waals surface area contributed by atoms with Gasteiger partial charge in [-0.15, -0.1) is 0 Å². The molecule has 0 spiro atoms. The molecule has 1 N–H and O–H groups in total. The van der Waals surface area contributed by atoms with Gasteiger partial charge in [0.15, 0.2) is 0 Å². The Morgan fingerprint density at radius 2 is 1.57 bits per heavy atom. The van der Waals surface area contributed by atoms with Gasteiger partial charge in [-0.1, -0.05) is 64.5 Å². The third kappa shape index (κ3) is 7.20. The highest BCUT2D eigenvalue weighted by Gasteiger charge is 2.33. The van der Waals surface area contributed by atoms with E-state index in [-0.39, 0.29) is 23.4 Å². The molecule has 7 nitrogen and oxygen atoms in total. The molecule has 0 aliphatic carbocycles. The third-order valence-corrected chi connectivity index (χ3v) is 8.10. The molecule has 0 radical (unpaired) electrons. The van der Waals surface area contributed by atoms with Crippen LogP contribution in [0.2, 0.25) is 0 Å². The van der Waals surface area contributed by atoms with Crippen LogP contribution in [0, 0.1) is 6.92 Å². The topological polar surface area (TPSA) is 86.8 Å². The third-order valence-electron chi connectivity index (χ3n) is 5.83. The van der Waals surface area contributed by atoms with E-state index in [9.17, 15) is 18.0 Å². The summed E-state index contributed by atoms with van der Waals surface area (Å²) in [5.41, 5.74) is 1.92. The van der Waals surface area contributed by atoms with E-state index in [2.05, 4.69) is 21.2 Å². The highest BCUT2D eigenvalue weighted by atomic mass is 79.9. The zero-order valence-electron chi connectivity index (χ0n) is 21.4. The molecule has 0 aromatic heterocycles. The number of para-hydroxylation sites is 1. The van der Waals surface area contributed by atoms with Crippen molar-refractivity contribution in [2.24, 2.45) is 0 Å². The minimum absolute atomic E-state index is 0.0789. The molecule has 0 bridgehead atoms. The average molecular weight is 587 g/mol. The van der Waals surface area contributed by atoms with Gasteiger partial charge in [0.2, 0.25) is 11.8 Å². The van der Waals surface area contributed by atoms with Gasteiger partial charge < -0.3 is 10.2 Å². The van der Waals surface area contributed by atoms with Crippen molar-refractivity contribution in [2.75, 3.05) is 10.8 Å². The molecule has 0 heterocycles. The summed E-state index contributed by atoms with van der Waals surface area (Å²) in [6.45, 7) is 6.81. The number of nitrogens with zero attached hydrogens (tertiary/aromatic N) is 2. The SMILES string of the molecule is Cc1ccccc1N(CC(=O)N(Cc1cccc(Br)c1)C(C)C(=O)NC(C)C)S(=O)(=O)c1ccccc1. The molecular formula is C28H32BrN3O4S. The zero-order valence-corrected chi connectivity index (χ0v) is 23.8. The van der Waals surface area contributed by atoms with Crippen LogP contribution >= 0.6 is 15.9 Å². The van der Waals surface area contributed by atoms with Gasteiger partial charge >= 0.3 is 0 Å². The van der Waals surface area contributed by atoms with Crippen LogP contribution in [-0.2, 0) is 26.2 Å². The van der Waals surface area contributed by atoms with Crippen LogP contribution in [0.5, 0.6) is 0 Å². The smallest absolute Gasteiger partial charge is 0.264 e. The molecule has 9 heteroatoms. The van der Waals surface area contributed by atoms with Crippen molar-refractivity contribution < 1.29 is 18.0 Å². The van der Waals surface area contributed by atoms with Crippen LogP contribution < -0.4 is 9.62 Å². The zero-order chi connectivity index (χ0) is 27.2. The van der Waals surface area contributed by atoms with Gasteiger partial charge in [0, 0.05) is 17.1 Å². The Hall–Kier alpha value is -3.17. The summed E-state index contributed by atoms with van der Waals surface area (Å²) in [6.07, 6.45) is 0. The lowest BCUT2D eigenvalue weighted by Crippen LogP contribution is -2.52. The molecule has 0 aliphatic rings. The van der Waals surface area contributed by atoms with Gasteiger partial charge in [0.05, 0.1) is 10.6 Å². The molecule has 37 heavy (non-hydrogen) atoms. The summed E-state index contributed by atoms with van der Waals surface area (Å²) in [6, 6.07) is 21.6. The number of carbonyl (C=O) groups is 2. The molecule has 1 unspecified atom stereocenters. The van der Waals surface area contributed by atoms with Crippen molar-refractivity contribution >= 4 is 43.5 Å². The first-order valence-electron chi connectivity index (χ1n) is 12.0. The Morgan fingerprint density at radius 3 is 2.19 bits per heavy atom. The van der Waals surface area contributed by atoms with Gasteiger partial charge in [-0.2, -0.15) is 0 Å². The van der Waals surface area contributed by atoms with Crippen LogP contribution in [0.1, 0.15) is 31.9 Å². The van der Waals surface area contributed by atoms with Crippen LogP contribution in [0.25, 0.3) is 0 Å². The van der Waals surface area contributed by atoms with Crippen molar-refractivity contribution in [3.05, 3.63) is 94.5 Å². The fourth-order valence-corrected chi connectivity index (χ4v) is 5.84. The Morgan fingerprint density at radius 1 is 0.919 bits per heavy atom. The molecule has 1 atom stereocenters. The molecular weight excluding hydrogens is 554 g/mol. The Bertz CT molecular complexity index is 1350. The van der Waals surface area contributed by atoms with Gasteiger partial charge in [0.25, 0.3) is 10.0 Å². The summed E-state index contributed by atoms with van der Waals surface area (Å²) < 4.78 is 29.5. The minimum atomic E-state index is -4.07. The highest BCUT2D eigenvalue weighted by Crippen LogP contribution is 2.27. The molecule has 0 aliphatic heterocycles. The quantitative estimate of drug-likeness (QED) is 0.367. The van der Waals surface area contributed by atoms with Gasteiger partial charge in [0.1, 0.15) is 12.6 Å². The summed E-state index contributed by atoms with van der Waals surface area (Å²) in [5, 5.41) is 2.85. The van der Waals surface area contributed by atoms with Crippen molar-refractivity contribution in [1.82, 2.24) is 10.2 Å². The number of halogens is 1. The number of carbonyl (C=O) groups excluding carboxylic acids is 2. The molecule has 2 amide bonds. The maximum Gasteiger partial charge on any atom is 0.264 e. The monoisotopic (exact) mass is 585 g/mol. The molecule has 3 rings (SSSR count). The number of benzene rings is 3. The lowest BCUT2D eigenvalue weighted by Gasteiger charge is -2.32. The van der Waals surface area contributed by atoms with Crippen LogP contribution in [0.15, 0.2) is 88.2 Å². The first-order chi connectivity index (χ1) is 17.5. The van der Waals surface area contributed by atoms with Crippen molar-refractivity contribution in [3.63, 3.8) is 0 Å². The number of aryl methyl sites for hydroxylation is 1. The predicted octanol–water partition coefficient (Wildman–Crippen LogP) is 4.89. The summed E-state index contributed by atoms with van der Waals surface area (Å²) in [4.78, 5) is 28.3. The Balaban J connectivity index is 2.03. The normalized spacial score (nSPS) is 12.2. The van der Waals surface area contributed by atoms with E-state index < -0.39 is 28.5 Å². The van der Waals surface area contributed by atoms with Crippen molar-refractivity contribution in [2.45, 2.75) is 51.2 Å². The number of anilines is 1. The second-order valence-electron chi connectivity index (χ2n) is 9.10. The van der Waals surface area contributed by atoms with Crippen LogP contribution in [0.4, 0.5) is 5.69 Å². The molecule has 0 saturated carbocycles. The second kappa shape index (κ2) is 12.4. The van der Waals surface area contributed by atoms with Crippen LogP contribution in [-0.4, -0.2) is 43.8 Å². The number of sulfonamides is 1. The highest BCUT2D eigenvalue weighted by molar-refractivity contribution is 9.10. The maximum absolute atomic E-state index is 13.9. The summed E-state index contributed by atoms with van der Waals surface area (Å²) >= 11 is 3.45. The standard InChI is InChI=1S/C28H32BrN3O4S/c1-20(2)30-28(34)22(4)31(18-23-12-10-13-24(29)17-23)27(33)19-32(26-16-9-8-11-21(26)3)37(35,36)25-14-6-5-7-15-25/h5-17,20,22H,18-19H2,1-4H3,(H,30,34). The molecule has 0 fully saturated rings. The minimum Gasteiger partial charge on any atom is -0.352 e. The molecule has 3 aromatic rings. The largest absolute Gasteiger partial charge is 0.352 e. The summed E-state index contributed by atoms with van der Waals surface area (Å²) in [5.74, 6) is -0.805. The van der Waals surface area contributed by atoms with E-state index in [1.165, 1.54) is 17.0 Å². The van der Waals surface area contributed by atoms with E-state index in [4.69, 9.17) is 0 Å². The van der Waals surface area contributed by atoms with E-state index in [0.29, 0.717) is 11.3 Å². The molecule has 3 aromatic carbocycles. The second-order valence-corrected chi connectivity index (χ2v) is 11.9. The molecule has 196 valence electrons. The lowest BCUT2D eigenvalue weighted by molar-refractivity contribution is -0.139. The number of hydrogen-bond acceptors (Lipinski definition) is 4. The van der Waals surface area contributed by atoms with Crippen LogP contribution in [0.3, 0.4) is 0 Å². The number of rotatable bonds is 10. The average Bonchev–Trinajstić information content (AvgIpc) is 2.86. The Labute approximate surface area is 227 Å². The van der Waals surface area contributed by atoms with Gasteiger partial charge in [-0.3, -0.25) is 13.9 Å². The predicted molar refractivity (Wildman–Crippen MR) is 150 cm³/mol. The number of nitrogens with one attached hydrogen (secondary N) is 1. The fraction of sp³-hybridized carbons (Fsp3) is 0.286. The first-order valence-corrected chi connectivity index (χ1v) is 14.2. The number of amides is 2.